The van der Waals surface area contributed by atoms with Gasteiger partial charge in [-0.2, -0.15) is 0 Å². The molecule has 0 aliphatic carbocycles. The van der Waals surface area contributed by atoms with Gasteiger partial charge in [-0.1, -0.05) is 42.5 Å². The van der Waals surface area contributed by atoms with Gasteiger partial charge in [-0.25, -0.2) is 9.97 Å². The molecular formula is C28H29N5O2. The number of piperidine rings is 1. The standard InChI is InChI=1S/C28H29N5O2/c1-19-12-13-20(2)24(16-19)31-27(34)22-10-7-15-32(18-22)26-28(35)33(17-21-8-4-3-5-9-21)25-23(30-26)11-6-14-29-25/h3-6,8-9,11-14,16,22H,7,10,15,17-18H2,1-2H3,(H,31,34)/t22-/m1/s1. The van der Waals surface area contributed by atoms with Gasteiger partial charge in [0.2, 0.25) is 5.91 Å². The summed E-state index contributed by atoms with van der Waals surface area (Å²) in [5.41, 5.74) is 5.03. The quantitative estimate of drug-likeness (QED) is 0.473. The number of fused-ring (bicyclic) bond motifs is 1. The number of aromatic nitrogens is 3. The Labute approximate surface area is 204 Å². The van der Waals surface area contributed by atoms with Gasteiger partial charge in [-0.3, -0.25) is 14.2 Å². The second-order valence-electron chi connectivity index (χ2n) is 9.25. The minimum absolute atomic E-state index is 0.0181. The van der Waals surface area contributed by atoms with Crippen molar-refractivity contribution in [2.75, 3.05) is 23.3 Å². The fourth-order valence-electron chi connectivity index (χ4n) is 4.67. The summed E-state index contributed by atoms with van der Waals surface area (Å²) in [7, 11) is 0. The highest BCUT2D eigenvalue weighted by molar-refractivity contribution is 5.93. The molecule has 0 bridgehead atoms. The minimum atomic E-state index is -0.225. The zero-order valence-corrected chi connectivity index (χ0v) is 20.1. The van der Waals surface area contributed by atoms with Crippen molar-refractivity contribution in [3.8, 4) is 0 Å². The number of aryl methyl sites for hydroxylation is 2. The molecular weight excluding hydrogens is 438 g/mol. The predicted octanol–water partition coefficient (Wildman–Crippen LogP) is 4.31. The number of nitrogens with one attached hydrogen (secondary N) is 1. The number of benzene rings is 2. The SMILES string of the molecule is Cc1ccc(C)c(NC(=O)[C@@H]2CCCN(c3nc4cccnc4n(Cc4ccccc4)c3=O)C2)c1. The van der Waals surface area contributed by atoms with Crippen LogP contribution in [-0.2, 0) is 11.3 Å². The smallest absolute Gasteiger partial charge is 0.295 e. The Morgan fingerprint density at radius 1 is 1.09 bits per heavy atom. The summed E-state index contributed by atoms with van der Waals surface area (Å²) >= 11 is 0. The van der Waals surface area contributed by atoms with Crippen molar-refractivity contribution >= 4 is 28.6 Å². The first-order valence-electron chi connectivity index (χ1n) is 12.0. The second kappa shape index (κ2) is 9.70. The van der Waals surface area contributed by atoms with Crippen LogP contribution in [0.5, 0.6) is 0 Å². The number of anilines is 2. The van der Waals surface area contributed by atoms with Crippen molar-refractivity contribution in [3.05, 3.63) is 93.9 Å². The first-order valence-corrected chi connectivity index (χ1v) is 12.0. The van der Waals surface area contributed by atoms with Crippen LogP contribution in [0.2, 0.25) is 0 Å². The van der Waals surface area contributed by atoms with Crippen LogP contribution in [0.4, 0.5) is 11.5 Å². The average Bonchev–Trinajstić information content (AvgIpc) is 2.88. The Bertz CT molecular complexity index is 1430. The van der Waals surface area contributed by atoms with E-state index in [2.05, 4.69) is 10.3 Å². The number of pyridine rings is 1. The molecule has 1 amide bonds. The number of hydrogen-bond acceptors (Lipinski definition) is 5. The summed E-state index contributed by atoms with van der Waals surface area (Å²) in [4.78, 5) is 37.9. The maximum Gasteiger partial charge on any atom is 0.295 e. The molecule has 7 heteroatoms. The number of hydrogen-bond donors (Lipinski definition) is 1. The van der Waals surface area contributed by atoms with Gasteiger partial charge in [0, 0.05) is 25.0 Å². The number of amides is 1. The van der Waals surface area contributed by atoms with Crippen molar-refractivity contribution in [2.24, 2.45) is 5.92 Å². The Balaban J connectivity index is 1.44. The topological polar surface area (TPSA) is 80.1 Å². The van der Waals surface area contributed by atoms with E-state index < -0.39 is 0 Å². The van der Waals surface area contributed by atoms with E-state index in [-0.39, 0.29) is 17.4 Å². The number of carbonyl (C=O) groups excluding carboxylic acids is 1. The monoisotopic (exact) mass is 467 g/mol. The van der Waals surface area contributed by atoms with E-state index in [1.54, 1.807) is 10.8 Å². The average molecular weight is 468 g/mol. The highest BCUT2D eigenvalue weighted by Gasteiger charge is 2.29. The number of rotatable bonds is 5. The fourth-order valence-corrected chi connectivity index (χ4v) is 4.67. The van der Waals surface area contributed by atoms with Gasteiger partial charge in [-0.15, -0.1) is 0 Å². The molecule has 3 heterocycles. The van der Waals surface area contributed by atoms with Crippen LogP contribution in [0.3, 0.4) is 0 Å². The van der Waals surface area contributed by atoms with Crippen LogP contribution in [0.1, 0.15) is 29.5 Å². The van der Waals surface area contributed by atoms with E-state index >= 15 is 0 Å². The van der Waals surface area contributed by atoms with Crippen molar-refractivity contribution in [1.29, 1.82) is 0 Å². The zero-order chi connectivity index (χ0) is 24.4. The molecule has 5 rings (SSSR count). The van der Waals surface area contributed by atoms with Crippen LogP contribution >= 0.6 is 0 Å². The molecule has 0 unspecified atom stereocenters. The summed E-state index contributed by atoms with van der Waals surface area (Å²) in [6.45, 7) is 5.55. The zero-order valence-electron chi connectivity index (χ0n) is 20.1. The molecule has 1 N–H and O–H groups in total. The van der Waals surface area contributed by atoms with E-state index in [1.165, 1.54) is 0 Å². The van der Waals surface area contributed by atoms with Crippen molar-refractivity contribution < 1.29 is 4.79 Å². The number of nitrogens with zero attached hydrogens (tertiary/aromatic N) is 4. The van der Waals surface area contributed by atoms with Crippen molar-refractivity contribution in [1.82, 2.24) is 14.5 Å². The van der Waals surface area contributed by atoms with E-state index in [9.17, 15) is 9.59 Å². The van der Waals surface area contributed by atoms with Gasteiger partial charge in [-0.05, 0) is 61.6 Å². The van der Waals surface area contributed by atoms with Crippen LogP contribution < -0.4 is 15.8 Å². The molecule has 35 heavy (non-hydrogen) atoms. The molecule has 1 aliphatic rings. The van der Waals surface area contributed by atoms with Gasteiger partial charge in [0.1, 0.15) is 5.52 Å². The first-order chi connectivity index (χ1) is 17.0. The maximum absolute atomic E-state index is 13.7. The van der Waals surface area contributed by atoms with Gasteiger partial charge in [0.05, 0.1) is 12.5 Å². The molecule has 2 aromatic carbocycles. The molecule has 1 aliphatic heterocycles. The second-order valence-corrected chi connectivity index (χ2v) is 9.25. The van der Waals surface area contributed by atoms with Gasteiger partial charge in [0.15, 0.2) is 11.5 Å². The van der Waals surface area contributed by atoms with Gasteiger partial charge < -0.3 is 10.2 Å². The third-order valence-corrected chi connectivity index (χ3v) is 6.61. The lowest BCUT2D eigenvalue weighted by molar-refractivity contribution is -0.120. The van der Waals surface area contributed by atoms with Crippen LogP contribution in [0.15, 0.2) is 71.7 Å². The molecule has 0 spiro atoms. The van der Waals surface area contributed by atoms with E-state index in [0.717, 1.165) is 35.2 Å². The molecule has 1 saturated heterocycles. The lowest BCUT2D eigenvalue weighted by atomic mass is 9.96. The molecule has 1 atom stereocenters. The van der Waals surface area contributed by atoms with Crippen LogP contribution in [-0.4, -0.2) is 33.5 Å². The van der Waals surface area contributed by atoms with Crippen LogP contribution in [0, 0.1) is 19.8 Å². The normalized spacial score (nSPS) is 15.8. The third kappa shape index (κ3) is 4.80. The van der Waals surface area contributed by atoms with E-state index in [0.29, 0.717) is 36.6 Å². The predicted molar refractivity (Wildman–Crippen MR) is 139 cm³/mol. The molecule has 1 fully saturated rings. The van der Waals surface area contributed by atoms with Crippen molar-refractivity contribution in [2.45, 2.75) is 33.2 Å². The van der Waals surface area contributed by atoms with Gasteiger partial charge >= 0.3 is 0 Å². The van der Waals surface area contributed by atoms with Crippen LogP contribution in [0.25, 0.3) is 11.2 Å². The minimum Gasteiger partial charge on any atom is -0.351 e. The first kappa shape index (κ1) is 22.8. The highest BCUT2D eigenvalue weighted by Crippen LogP contribution is 2.24. The molecule has 4 aromatic rings. The summed E-state index contributed by atoms with van der Waals surface area (Å²) in [6.07, 6.45) is 3.27. The Morgan fingerprint density at radius 2 is 1.91 bits per heavy atom. The van der Waals surface area contributed by atoms with Gasteiger partial charge in [0.25, 0.3) is 5.56 Å². The molecule has 0 saturated carbocycles. The van der Waals surface area contributed by atoms with E-state index in [1.807, 2.05) is 79.4 Å². The summed E-state index contributed by atoms with van der Waals surface area (Å²) < 4.78 is 1.69. The molecule has 0 radical (unpaired) electrons. The summed E-state index contributed by atoms with van der Waals surface area (Å²) in [5, 5.41) is 3.10. The molecule has 2 aromatic heterocycles. The molecule has 7 nitrogen and oxygen atoms in total. The Morgan fingerprint density at radius 3 is 2.74 bits per heavy atom. The Kier molecular flexibility index (Phi) is 6.31. The molecule has 178 valence electrons. The lowest BCUT2D eigenvalue weighted by Crippen LogP contribution is -2.44. The highest BCUT2D eigenvalue weighted by atomic mass is 16.2. The number of carbonyl (C=O) groups is 1. The summed E-state index contributed by atoms with van der Waals surface area (Å²) in [5.74, 6) is 0.137. The lowest BCUT2D eigenvalue weighted by Gasteiger charge is -2.33. The van der Waals surface area contributed by atoms with Crippen molar-refractivity contribution in [3.63, 3.8) is 0 Å². The Hall–Kier alpha value is -4.00. The largest absolute Gasteiger partial charge is 0.351 e. The fraction of sp³-hybridized carbons (Fsp3) is 0.286. The van der Waals surface area contributed by atoms with E-state index in [4.69, 9.17) is 4.98 Å². The third-order valence-electron chi connectivity index (χ3n) is 6.61. The summed E-state index contributed by atoms with van der Waals surface area (Å²) in [6, 6.07) is 19.6. The maximum atomic E-state index is 13.7.